The minimum Gasteiger partial charge on any atom is -0.379 e. The number of pyridine rings is 1. The molecule has 0 aliphatic carbocycles. The van der Waals surface area contributed by atoms with Gasteiger partial charge in [-0.2, -0.15) is 0 Å². The maximum absolute atomic E-state index is 13.4. The zero-order chi connectivity index (χ0) is 24.2. The molecule has 0 spiro atoms. The fraction of sp³-hybridized carbons (Fsp3) is 0.407. The quantitative estimate of drug-likeness (QED) is 0.548. The van der Waals surface area contributed by atoms with E-state index in [1.165, 1.54) is 0 Å². The lowest BCUT2D eigenvalue weighted by molar-refractivity contribution is -0.125. The third-order valence-electron chi connectivity index (χ3n) is 6.95. The van der Waals surface area contributed by atoms with Gasteiger partial charge in [0.2, 0.25) is 5.91 Å². The number of halogens is 1. The summed E-state index contributed by atoms with van der Waals surface area (Å²) in [5.41, 5.74) is 3.03. The Morgan fingerprint density at radius 1 is 1.11 bits per heavy atom. The highest BCUT2D eigenvalue weighted by molar-refractivity contribution is 6.31. The van der Waals surface area contributed by atoms with Crippen molar-refractivity contribution in [1.29, 1.82) is 0 Å². The lowest BCUT2D eigenvalue weighted by atomic mass is 9.94. The van der Waals surface area contributed by atoms with Crippen LogP contribution < -0.4 is 15.8 Å². The maximum Gasteiger partial charge on any atom is 0.272 e. The van der Waals surface area contributed by atoms with Gasteiger partial charge in [-0.25, -0.2) is 0 Å². The van der Waals surface area contributed by atoms with E-state index >= 15 is 0 Å². The van der Waals surface area contributed by atoms with Crippen molar-refractivity contribution in [3.63, 3.8) is 0 Å². The third-order valence-corrected chi connectivity index (χ3v) is 7.19. The number of H-pyrrole nitrogens is 1. The van der Waals surface area contributed by atoms with E-state index in [0.717, 1.165) is 74.3 Å². The Morgan fingerprint density at radius 3 is 2.71 bits per heavy atom. The van der Waals surface area contributed by atoms with Crippen molar-refractivity contribution in [2.45, 2.75) is 12.8 Å². The van der Waals surface area contributed by atoms with Crippen molar-refractivity contribution < 1.29 is 9.53 Å². The third kappa shape index (κ3) is 5.37. The summed E-state index contributed by atoms with van der Waals surface area (Å²) in [6.45, 7) is 6.01. The van der Waals surface area contributed by atoms with E-state index in [2.05, 4.69) is 20.1 Å². The summed E-state index contributed by atoms with van der Waals surface area (Å²) in [7, 11) is 0. The van der Waals surface area contributed by atoms with Gasteiger partial charge in [0, 0.05) is 60.8 Å². The Hall–Kier alpha value is -2.87. The molecule has 2 aliphatic rings. The lowest BCUT2D eigenvalue weighted by Gasteiger charge is -2.35. The number of hydrogen-bond acceptors (Lipinski definition) is 5. The summed E-state index contributed by atoms with van der Waals surface area (Å²) in [6.07, 6.45) is 1.67. The van der Waals surface area contributed by atoms with Gasteiger partial charge in [0.05, 0.1) is 19.1 Å². The first-order valence-corrected chi connectivity index (χ1v) is 12.7. The van der Waals surface area contributed by atoms with E-state index in [0.29, 0.717) is 23.8 Å². The van der Waals surface area contributed by atoms with Gasteiger partial charge in [-0.05, 0) is 36.6 Å². The van der Waals surface area contributed by atoms with Crippen LogP contribution in [0.25, 0.3) is 22.0 Å². The van der Waals surface area contributed by atoms with Crippen LogP contribution in [0.5, 0.6) is 0 Å². The maximum atomic E-state index is 13.4. The van der Waals surface area contributed by atoms with Crippen LogP contribution in [0.3, 0.4) is 0 Å². The van der Waals surface area contributed by atoms with Gasteiger partial charge >= 0.3 is 0 Å². The molecular weight excluding hydrogens is 464 g/mol. The van der Waals surface area contributed by atoms with Crippen molar-refractivity contribution in [2.75, 3.05) is 57.4 Å². The second-order valence-corrected chi connectivity index (χ2v) is 9.70. The molecule has 0 saturated carbocycles. The average molecular weight is 495 g/mol. The van der Waals surface area contributed by atoms with E-state index in [-0.39, 0.29) is 17.4 Å². The minimum atomic E-state index is -0.161. The van der Waals surface area contributed by atoms with E-state index in [9.17, 15) is 9.59 Å². The van der Waals surface area contributed by atoms with Crippen LogP contribution in [-0.4, -0.2) is 68.3 Å². The Labute approximate surface area is 210 Å². The van der Waals surface area contributed by atoms with Crippen molar-refractivity contribution in [2.24, 2.45) is 5.92 Å². The van der Waals surface area contributed by atoms with E-state index in [1.54, 1.807) is 6.07 Å². The normalized spacial score (nSPS) is 19.1. The number of amides is 1. The molecule has 35 heavy (non-hydrogen) atoms. The summed E-state index contributed by atoms with van der Waals surface area (Å²) in [5, 5.41) is 4.63. The van der Waals surface area contributed by atoms with Gasteiger partial charge in [0.15, 0.2) is 0 Å². The zero-order valence-corrected chi connectivity index (χ0v) is 20.5. The molecule has 2 aromatic carbocycles. The van der Waals surface area contributed by atoms with Gasteiger partial charge in [-0.1, -0.05) is 41.9 Å². The molecular formula is C27H31ClN4O3. The molecule has 1 atom stereocenters. The summed E-state index contributed by atoms with van der Waals surface area (Å²) in [5.74, 6) is -0.101. The SMILES string of the molecule is O=C(NCCN1CCOCC1)C1CCCN(c2c(-c3ccccc3)c3cc(Cl)ccc3[nH]c2=O)C1. The topological polar surface area (TPSA) is 77.7 Å². The number of morpholine rings is 1. The second-order valence-electron chi connectivity index (χ2n) is 9.26. The highest BCUT2D eigenvalue weighted by atomic mass is 35.5. The number of hydrogen-bond donors (Lipinski definition) is 2. The fourth-order valence-electron chi connectivity index (χ4n) is 5.15. The molecule has 0 radical (unpaired) electrons. The molecule has 2 saturated heterocycles. The number of aromatic nitrogens is 1. The molecule has 3 aromatic rings. The Balaban J connectivity index is 1.40. The number of rotatable bonds is 6. The van der Waals surface area contributed by atoms with Crippen molar-refractivity contribution in [3.05, 3.63) is 63.9 Å². The molecule has 3 heterocycles. The number of anilines is 1. The first-order valence-electron chi connectivity index (χ1n) is 12.3. The average Bonchev–Trinajstić information content (AvgIpc) is 2.89. The molecule has 2 aliphatic heterocycles. The van der Waals surface area contributed by atoms with E-state index < -0.39 is 0 Å². The summed E-state index contributed by atoms with van der Waals surface area (Å²) in [6, 6.07) is 15.5. The molecule has 5 rings (SSSR count). The van der Waals surface area contributed by atoms with Crippen LogP contribution in [0.1, 0.15) is 12.8 Å². The summed E-state index contributed by atoms with van der Waals surface area (Å²) in [4.78, 5) is 33.8. The summed E-state index contributed by atoms with van der Waals surface area (Å²) >= 11 is 6.36. The van der Waals surface area contributed by atoms with Gasteiger partial charge in [0.1, 0.15) is 5.69 Å². The number of nitrogens with one attached hydrogen (secondary N) is 2. The first-order chi connectivity index (χ1) is 17.1. The van der Waals surface area contributed by atoms with Crippen molar-refractivity contribution in [1.82, 2.24) is 15.2 Å². The summed E-state index contributed by atoms with van der Waals surface area (Å²) < 4.78 is 5.39. The van der Waals surface area contributed by atoms with Gasteiger partial charge in [-0.3, -0.25) is 14.5 Å². The highest BCUT2D eigenvalue weighted by Crippen LogP contribution is 2.37. The van der Waals surface area contributed by atoms with E-state index in [1.807, 2.05) is 42.5 Å². The number of ether oxygens (including phenoxy) is 1. The van der Waals surface area contributed by atoms with Crippen molar-refractivity contribution in [3.8, 4) is 11.1 Å². The molecule has 7 nitrogen and oxygen atoms in total. The van der Waals surface area contributed by atoms with Crippen molar-refractivity contribution >= 4 is 34.1 Å². The zero-order valence-electron chi connectivity index (χ0n) is 19.8. The monoisotopic (exact) mass is 494 g/mol. The molecule has 8 heteroatoms. The molecule has 1 amide bonds. The fourth-order valence-corrected chi connectivity index (χ4v) is 5.33. The standard InChI is InChI=1S/C27H31ClN4O3/c28-21-8-9-23-22(17-21)24(19-5-2-1-3-6-19)25(27(34)30-23)32-11-4-7-20(18-32)26(33)29-10-12-31-13-15-35-16-14-31/h1-3,5-6,8-9,17,20H,4,7,10-16,18H2,(H,29,33)(H,30,34). The number of aromatic amines is 1. The van der Waals surface area contributed by atoms with Crippen LogP contribution in [0.15, 0.2) is 53.3 Å². The predicted molar refractivity (Wildman–Crippen MR) is 140 cm³/mol. The number of nitrogens with zero attached hydrogens (tertiary/aromatic N) is 2. The highest BCUT2D eigenvalue weighted by Gasteiger charge is 2.29. The predicted octanol–water partition coefficient (Wildman–Crippen LogP) is 3.51. The van der Waals surface area contributed by atoms with Gasteiger partial charge in [-0.15, -0.1) is 0 Å². The molecule has 2 fully saturated rings. The van der Waals surface area contributed by atoms with Crippen LogP contribution in [0, 0.1) is 5.92 Å². The van der Waals surface area contributed by atoms with E-state index in [4.69, 9.17) is 16.3 Å². The van der Waals surface area contributed by atoms with Crippen LogP contribution in [0.4, 0.5) is 5.69 Å². The van der Waals surface area contributed by atoms with Crippen LogP contribution in [-0.2, 0) is 9.53 Å². The minimum absolute atomic E-state index is 0.0597. The number of carbonyl (C=O) groups is 1. The number of carbonyl (C=O) groups excluding carboxylic acids is 1. The van der Waals surface area contributed by atoms with Crippen LogP contribution >= 0.6 is 11.6 Å². The van der Waals surface area contributed by atoms with Gasteiger partial charge < -0.3 is 19.9 Å². The lowest BCUT2D eigenvalue weighted by Crippen LogP contribution is -2.47. The molecule has 184 valence electrons. The smallest absolute Gasteiger partial charge is 0.272 e. The second kappa shape index (κ2) is 10.8. The molecule has 1 aromatic heterocycles. The van der Waals surface area contributed by atoms with Crippen LogP contribution in [0.2, 0.25) is 5.02 Å². The largest absolute Gasteiger partial charge is 0.379 e. The molecule has 2 N–H and O–H groups in total. The first kappa shape index (κ1) is 23.9. The number of piperidine rings is 1. The van der Waals surface area contributed by atoms with Gasteiger partial charge in [0.25, 0.3) is 5.56 Å². The number of benzene rings is 2. The Bertz CT molecular complexity index is 1240. The molecule has 1 unspecified atom stereocenters. The number of fused-ring (bicyclic) bond motifs is 1. The molecule has 0 bridgehead atoms. The Kier molecular flexibility index (Phi) is 7.37. The Morgan fingerprint density at radius 2 is 1.91 bits per heavy atom.